The SMILES string of the molecule is O=C(O)C=Cc1cnc(-c2cccnc2)n1Cc1cc(Cl)ccc1Cl. The summed E-state index contributed by atoms with van der Waals surface area (Å²) in [5.74, 6) is -0.370. The first-order valence-corrected chi connectivity index (χ1v) is 8.11. The normalized spacial score (nSPS) is 11.1. The molecule has 25 heavy (non-hydrogen) atoms. The summed E-state index contributed by atoms with van der Waals surface area (Å²) < 4.78 is 1.87. The van der Waals surface area contributed by atoms with Crippen LogP contribution >= 0.6 is 23.2 Å². The summed E-state index contributed by atoms with van der Waals surface area (Å²) in [6.07, 6.45) is 7.55. The number of benzene rings is 1. The Bertz CT molecular complexity index is 937. The van der Waals surface area contributed by atoms with Gasteiger partial charge in [0, 0.05) is 34.1 Å². The molecule has 0 fully saturated rings. The third kappa shape index (κ3) is 4.07. The molecule has 126 valence electrons. The zero-order valence-corrected chi connectivity index (χ0v) is 14.4. The highest BCUT2D eigenvalue weighted by Crippen LogP contribution is 2.26. The van der Waals surface area contributed by atoms with Crippen molar-refractivity contribution in [2.24, 2.45) is 0 Å². The highest BCUT2D eigenvalue weighted by molar-refractivity contribution is 6.33. The van der Waals surface area contributed by atoms with Crippen LogP contribution in [0.25, 0.3) is 17.5 Å². The molecule has 0 aliphatic carbocycles. The maximum Gasteiger partial charge on any atom is 0.328 e. The van der Waals surface area contributed by atoms with Gasteiger partial charge >= 0.3 is 5.97 Å². The van der Waals surface area contributed by atoms with E-state index < -0.39 is 5.97 Å². The third-order valence-electron chi connectivity index (χ3n) is 3.54. The van der Waals surface area contributed by atoms with Crippen molar-refractivity contribution in [1.29, 1.82) is 0 Å². The fourth-order valence-corrected chi connectivity index (χ4v) is 2.78. The van der Waals surface area contributed by atoms with E-state index >= 15 is 0 Å². The Morgan fingerprint density at radius 1 is 1.24 bits per heavy atom. The van der Waals surface area contributed by atoms with Gasteiger partial charge < -0.3 is 9.67 Å². The monoisotopic (exact) mass is 373 g/mol. The van der Waals surface area contributed by atoms with Crippen LogP contribution in [0.5, 0.6) is 0 Å². The van der Waals surface area contributed by atoms with Crippen molar-refractivity contribution in [3.8, 4) is 11.4 Å². The average Bonchev–Trinajstić information content (AvgIpc) is 3.00. The van der Waals surface area contributed by atoms with E-state index in [1.54, 1.807) is 36.8 Å². The molecule has 0 saturated carbocycles. The summed E-state index contributed by atoms with van der Waals surface area (Å²) in [7, 11) is 0. The van der Waals surface area contributed by atoms with Crippen LogP contribution in [0.1, 0.15) is 11.3 Å². The molecular weight excluding hydrogens is 361 g/mol. The van der Waals surface area contributed by atoms with Crippen LogP contribution in [-0.2, 0) is 11.3 Å². The van der Waals surface area contributed by atoms with Gasteiger partial charge in [-0.3, -0.25) is 4.98 Å². The van der Waals surface area contributed by atoms with Gasteiger partial charge in [0.2, 0.25) is 0 Å². The number of hydrogen-bond donors (Lipinski definition) is 1. The van der Waals surface area contributed by atoms with Crippen LogP contribution in [0.4, 0.5) is 0 Å². The molecule has 0 spiro atoms. The van der Waals surface area contributed by atoms with Crippen molar-refractivity contribution in [3.05, 3.63) is 76.3 Å². The van der Waals surface area contributed by atoms with Gasteiger partial charge in [-0.05, 0) is 42.0 Å². The first-order chi connectivity index (χ1) is 12.0. The van der Waals surface area contributed by atoms with Crippen molar-refractivity contribution >= 4 is 35.2 Å². The second-order valence-electron chi connectivity index (χ2n) is 5.24. The molecule has 3 rings (SSSR count). The average molecular weight is 374 g/mol. The lowest BCUT2D eigenvalue weighted by Crippen LogP contribution is -2.05. The molecule has 0 unspecified atom stereocenters. The second-order valence-corrected chi connectivity index (χ2v) is 6.09. The summed E-state index contributed by atoms with van der Waals surface area (Å²) in [4.78, 5) is 19.4. The number of aromatic nitrogens is 3. The molecule has 0 atom stereocenters. The van der Waals surface area contributed by atoms with Crippen molar-refractivity contribution in [1.82, 2.24) is 14.5 Å². The number of rotatable bonds is 5. The zero-order chi connectivity index (χ0) is 17.8. The lowest BCUT2D eigenvalue weighted by atomic mass is 10.2. The van der Waals surface area contributed by atoms with E-state index in [1.165, 1.54) is 6.08 Å². The molecule has 0 saturated heterocycles. The van der Waals surface area contributed by atoms with Crippen LogP contribution in [0, 0.1) is 0 Å². The predicted molar refractivity (Wildman–Crippen MR) is 97.7 cm³/mol. The lowest BCUT2D eigenvalue weighted by Gasteiger charge is -2.12. The molecule has 0 aliphatic rings. The molecule has 2 aromatic heterocycles. The van der Waals surface area contributed by atoms with Crippen molar-refractivity contribution < 1.29 is 9.90 Å². The number of carboxylic acid groups (broad SMARTS) is 1. The molecular formula is C18H13Cl2N3O2. The number of carbonyl (C=O) groups is 1. The van der Waals surface area contributed by atoms with Gasteiger partial charge in [0.05, 0.1) is 18.4 Å². The minimum absolute atomic E-state index is 0.392. The highest BCUT2D eigenvalue weighted by Gasteiger charge is 2.13. The van der Waals surface area contributed by atoms with Gasteiger partial charge in [-0.2, -0.15) is 0 Å². The Balaban J connectivity index is 2.09. The fourth-order valence-electron chi connectivity index (χ4n) is 2.41. The molecule has 5 nitrogen and oxygen atoms in total. The van der Waals surface area contributed by atoms with E-state index in [-0.39, 0.29) is 0 Å². The van der Waals surface area contributed by atoms with Gasteiger partial charge in [-0.15, -0.1) is 0 Å². The highest BCUT2D eigenvalue weighted by atomic mass is 35.5. The van der Waals surface area contributed by atoms with Gasteiger partial charge in [-0.1, -0.05) is 23.2 Å². The Morgan fingerprint density at radius 3 is 2.80 bits per heavy atom. The summed E-state index contributed by atoms with van der Waals surface area (Å²) in [5.41, 5.74) is 2.26. The number of aliphatic carboxylic acids is 1. The standard InChI is InChI=1S/C18H13Cl2N3O2/c19-14-3-5-16(20)13(8-14)11-23-15(4-6-17(24)25)10-22-18(23)12-2-1-7-21-9-12/h1-10H,11H2,(H,24,25). The van der Waals surface area contributed by atoms with Crippen molar-refractivity contribution in [3.63, 3.8) is 0 Å². The van der Waals surface area contributed by atoms with Gasteiger partial charge in [0.1, 0.15) is 5.82 Å². The third-order valence-corrected chi connectivity index (χ3v) is 4.14. The van der Waals surface area contributed by atoms with Crippen molar-refractivity contribution in [2.45, 2.75) is 6.54 Å². The minimum Gasteiger partial charge on any atom is -0.478 e. The van der Waals surface area contributed by atoms with Crippen LogP contribution in [-0.4, -0.2) is 25.6 Å². The molecule has 0 radical (unpaired) electrons. The van der Waals surface area contributed by atoms with Crippen LogP contribution in [0.15, 0.2) is 55.0 Å². The van der Waals surface area contributed by atoms with Gasteiger partial charge in [0.25, 0.3) is 0 Å². The van der Waals surface area contributed by atoms with E-state index in [0.717, 1.165) is 17.2 Å². The molecule has 0 aliphatic heterocycles. The predicted octanol–water partition coefficient (Wildman–Crippen LogP) is 4.40. The number of imidazole rings is 1. The smallest absolute Gasteiger partial charge is 0.328 e. The molecule has 7 heteroatoms. The van der Waals surface area contributed by atoms with Gasteiger partial charge in [-0.25, -0.2) is 9.78 Å². The Hall–Kier alpha value is -2.63. The molecule has 1 aromatic carbocycles. The summed E-state index contributed by atoms with van der Waals surface area (Å²) >= 11 is 12.3. The molecule has 0 bridgehead atoms. The fraction of sp³-hybridized carbons (Fsp3) is 0.0556. The Morgan fingerprint density at radius 2 is 2.08 bits per heavy atom. The maximum atomic E-state index is 10.9. The topological polar surface area (TPSA) is 68.0 Å². The van der Waals surface area contributed by atoms with Gasteiger partial charge in [0.15, 0.2) is 0 Å². The number of carboxylic acids is 1. The molecule has 0 amide bonds. The number of pyridine rings is 1. The largest absolute Gasteiger partial charge is 0.478 e. The van der Waals surface area contributed by atoms with E-state index in [9.17, 15) is 4.79 Å². The quantitative estimate of drug-likeness (QED) is 0.673. The maximum absolute atomic E-state index is 10.9. The molecule has 1 N–H and O–H groups in total. The van der Waals surface area contributed by atoms with Crippen LogP contribution < -0.4 is 0 Å². The Labute approximate surface area is 154 Å². The Kier molecular flexibility index (Phi) is 5.16. The van der Waals surface area contributed by atoms with E-state index in [2.05, 4.69) is 9.97 Å². The summed E-state index contributed by atoms with van der Waals surface area (Å²) in [6.45, 7) is 0.392. The van der Waals surface area contributed by atoms with Crippen LogP contribution in [0.3, 0.4) is 0 Å². The van der Waals surface area contributed by atoms with E-state index in [1.807, 2.05) is 16.7 Å². The second kappa shape index (κ2) is 7.51. The lowest BCUT2D eigenvalue weighted by molar-refractivity contribution is -0.131. The van der Waals surface area contributed by atoms with Crippen molar-refractivity contribution in [2.75, 3.05) is 0 Å². The molecule has 2 heterocycles. The van der Waals surface area contributed by atoms with Crippen LogP contribution in [0.2, 0.25) is 10.0 Å². The first-order valence-electron chi connectivity index (χ1n) is 7.35. The number of nitrogens with zero attached hydrogens (tertiary/aromatic N) is 3. The minimum atomic E-state index is -1.03. The van der Waals surface area contributed by atoms with E-state index in [4.69, 9.17) is 28.3 Å². The first kappa shape index (κ1) is 17.2. The molecule has 3 aromatic rings. The number of hydrogen-bond acceptors (Lipinski definition) is 3. The number of halogens is 2. The zero-order valence-electron chi connectivity index (χ0n) is 12.9. The summed E-state index contributed by atoms with van der Waals surface area (Å²) in [6, 6.07) is 8.92. The van der Waals surface area contributed by atoms with E-state index in [0.29, 0.717) is 28.1 Å². The summed E-state index contributed by atoms with van der Waals surface area (Å²) in [5, 5.41) is 10.0.